The van der Waals surface area contributed by atoms with E-state index in [1.54, 1.807) is 36.4 Å². The summed E-state index contributed by atoms with van der Waals surface area (Å²) in [6.45, 7) is 2.59. The molecule has 2 heterocycles. The number of imidazole rings is 1. The summed E-state index contributed by atoms with van der Waals surface area (Å²) in [5.41, 5.74) is 3.75. The molecule has 0 saturated carbocycles. The van der Waals surface area contributed by atoms with Gasteiger partial charge >= 0.3 is 0 Å². The highest BCUT2D eigenvalue weighted by Crippen LogP contribution is 2.20. The third kappa shape index (κ3) is 4.33. The lowest BCUT2D eigenvalue weighted by molar-refractivity contribution is 0.0949. The number of hydrogen-bond acceptors (Lipinski definition) is 3. The van der Waals surface area contributed by atoms with E-state index >= 15 is 0 Å². The van der Waals surface area contributed by atoms with Crippen LogP contribution in [0, 0.1) is 12.7 Å². The third-order valence-corrected chi connectivity index (χ3v) is 4.87. The molecular formula is C24H22FN3O2. The molecule has 0 radical (unpaired) electrons. The van der Waals surface area contributed by atoms with Crippen molar-refractivity contribution in [2.24, 2.45) is 0 Å². The predicted molar refractivity (Wildman–Crippen MR) is 113 cm³/mol. The van der Waals surface area contributed by atoms with Crippen molar-refractivity contribution in [3.63, 3.8) is 0 Å². The first-order valence-electron chi connectivity index (χ1n) is 9.78. The van der Waals surface area contributed by atoms with Gasteiger partial charge in [-0.1, -0.05) is 36.4 Å². The minimum Gasteiger partial charge on any atom is -0.486 e. The molecule has 0 spiro atoms. The second-order valence-electron chi connectivity index (χ2n) is 7.04. The van der Waals surface area contributed by atoms with Gasteiger partial charge in [-0.25, -0.2) is 9.37 Å². The van der Waals surface area contributed by atoms with Crippen LogP contribution in [0.25, 0.3) is 5.65 Å². The van der Waals surface area contributed by atoms with Gasteiger partial charge in [0.1, 0.15) is 23.8 Å². The highest BCUT2D eigenvalue weighted by molar-refractivity contribution is 5.96. The number of pyridine rings is 1. The van der Waals surface area contributed by atoms with Crippen LogP contribution in [0.1, 0.15) is 27.2 Å². The predicted octanol–water partition coefficient (Wildman–Crippen LogP) is 4.33. The largest absolute Gasteiger partial charge is 0.486 e. The van der Waals surface area contributed by atoms with Crippen LogP contribution in [0.3, 0.4) is 0 Å². The van der Waals surface area contributed by atoms with Crippen LogP contribution >= 0.6 is 0 Å². The Balaban J connectivity index is 1.40. The Kier molecular flexibility index (Phi) is 5.75. The summed E-state index contributed by atoms with van der Waals surface area (Å²) >= 11 is 0. The van der Waals surface area contributed by atoms with Gasteiger partial charge in [-0.15, -0.1) is 0 Å². The molecule has 152 valence electrons. The van der Waals surface area contributed by atoms with E-state index in [0.29, 0.717) is 29.8 Å². The number of amides is 1. The van der Waals surface area contributed by atoms with Crippen molar-refractivity contribution in [2.75, 3.05) is 6.54 Å². The number of carbonyl (C=O) groups is 1. The van der Waals surface area contributed by atoms with Crippen LogP contribution in [-0.4, -0.2) is 21.8 Å². The number of para-hydroxylation sites is 1. The van der Waals surface area contributed by atoms with Crippen LogP contribution in [0.5, 0.6) is 5.75 Å². The number of hydrogen-bond donors (Lipinski definition) is 1. The van der Waals surface area contributed by atoms with Gasteiger partial charge in [0.15, 0.2) is 0 Å². The molecule has 2 aromatic heterocycles. The molecule has 0 aliphatic rings. The first-order chi connectivity index (χ1) is 14.6. The molecule has 0 fully saturated rings. The number of aromatic nitrogens is 2. The Bertz CT molecular complexity index is 1190. The van der Waals surface area contributed by atoms with E-state index in [0.717, 1.165) is 16.9 Å². The van der Waals surface area contributed by atoms with Crippen LogP contribution in [-0.2, 0) is 13.0 Å². The first-order valence-corrected chi connectivity index (χ1v) is 9.78. The molecule has 6 heteroatoms. The lowest BCUT2D eigenvalue weighted by Crippen LogP contribution is -2.26. The molecule has 4 rings (SSSR count). The topological polar surface area (TPSA) is 55.6 Å². The van der Waals surface area contributed by atoms with Crippen LogP contribution in [0.15, 0.2) is 73.1 Å². The average Bonchev–Trinajstić information content (AvgIpc) is 3.18. The molecule has 30 heavy (non-hydrogen) atoms. The maximum Gasteiger partial charge on any atom is 0.255 e. The lowest BCUT2D eigenvalue weighted by atomic mass is 10.1. The first kappa shape index (κ1) is 19.6. The SMILES string of the molecule is Cc1cccn2cc(COc3ccccc3C(=O)NCCc3ccccc3F)nc12. The van der Waals surface area contributed by atoms with Crippen molar-refractivity contribution in [1.82, 2.24) is 14.7 Å². The fraction of sp³-hybridized carbons (Fsp3) is 0.167. The maximum atomic E-state index is 13.7. The number of rotatable bonds is 7. The summed E-state index contributed by atoms with van der Waals surface area (Å²) in [7, 11) is 0. The van der Waals surface area contributed by atoms with E-state index in [2.05, 4.69) is 10.3 Å². The zero-order valence-electron chi connectivity index (χ0n) is 16.6. The standard InChI is InChI=1S/C24H22FN3O2/c1-17-7-6-14-28-15-19(27-23(17)28)16-30-22-11-5-3-9-20(22)24(29)26-13-12-18-8-2-4-10-21(18)25/h2-11,14-15H,12-13,16H2,1H3,(H,26,29). The van der Waals surface area contributed by atoms with Crippen molar-refractivity contribution in [2.45, 2.75) is 20.0 Å². The third-order valence-electron chi connectivity index (χ3n) is 4.87. The zero-order valence-corrected chi connectivity index (χ0v) is 16.6. The van der Waals surface area contributed by atoms with Gasteiger partial charge in [0.2, 0.25) is 0 Å². The molecule has 4 aromatic rings. The number of carbonyl (C=O) groups excluding carboxylic acids is 1. The number of halogens is 1. The Hall–Kier alpha value is -3.67. The summed E-state index contributed by atoms with van der Waals surface area (Å²) in [5, 5.41) is 2.84. The summed E-state index contributed by atoms with van der Waals surface area (Å²) in [6, 6.07) is 17.6. The van der Waals surface area contributed by atoms with Crippen LogP contribution in [0.2, 0.25) is 0 Å². The lowest BCUT2D eigenvalue weighted by Gasteiger charge is -2.11. The molecule has 1 amide bonds. The molecule has 1 N–H and O–H groups in total. The Morgan fingerprint density at radius 3 is 2.73 bits per heavy atom. The molecule has 0 unspecified atom stereocenters. The fourth-order valence-corrected chi connectivity index (χ4v) is 3.31. The molecule has 0 aliphatic carbocycles. The van der Waals surface area contributed by atoms with Gasteiger partial charge in [0.25, 0.3) is 5.91 Å². The van der Waals surface area contributed by atoms with E-state index in [-0.39, 0.29) is 18.3 Å². The highest BCUT2D eigenvalue weighted by atomic mass is 19.1. The molecule has 0 bridgehead atoms. The normalized spacial score (nSPS) is 10.9. The second kappa shape index (κ2) is 8.78. The average molecular weight is 403 g/mol. The van der Waals surface area contributed by atoms with E-state index in [4.69, 9.17) is 4.74 Å². The minimum atomic E-state index is -0.266. The molecule has 5 nitrogen and oxygen atoms in total. The van der Waals surface area contributed by atoms with Crippen molar-refractivity contribution in [3.8, 4) is 5.75 Å². The fourth-order valence-electron chi connectivity index (χ4n) is 3.31. The number of ether oxygens (including phenoxy) is 1. The number of fused-ring (bicyclic) bond motifs is 1. The van der Waals surface area contributed by atoms with Crippen molar-refractivity contribution < 1.29 is 13.9 Å². The van der Waals surface area contributed by atoms with E-state index < -0.39 is 0 Å². The molecule has 0 atom stereocenters. The Morgan fingerprint density at radius 1 is 1.10 bits per heavy atom. The number of benzene rings is 2. The van der Waals surface area contributed by atoms with Crippen molar-refractivity contribution in [3.05, 3.63) is 101 Å². The maximum absolute atomic E-state index is 13.7. The molecule has 0 aliphatic heterocycles. The van der Waals surface area contributed by atoms with E-state index in [1.165, 1.54) is 6.07 Å². The summed E-state index contributed by atoms with van der Waals surface area (Å²) < 4.78 is 21.6. The van der Waals surface area contributed by atoms with Crippen LogP contribution in [0.4, 0.5) is 4.39 Å². The van der Waals surface area contributed by atoms with Gasteiger partial charge in [-0.05, 0) is 48.7 Å². The van der Waals surface area contributed by atoms with Gasteiger partial charge in [-0.2, -0.15) is 0 Å². The summed E-state index contributed by atoms with van der Waals surface area (Å²) in [6.07, 6.45) is 4.28. The highest BCUT2D eigenvalue weighted by Gasteiger charge is 2.13. The Morgan fingerprint density at radius 2 is 1.90 bits per heavy atom. The van der Waals surface area contributed by atoms with Crippen LogP contribution < -0.4 is 10.1 Å². The molecule has 2 aromatic carbocycles. The number of nitrogens with zero attached hydrogens (tertiary/aromatic N) is 2. The van der Waals surface area contributed by atoms with Gasteiger partial charge in [-0.3, -0.25) is 4.79 Å². The van der Waals surface area contributed by atoms with Gasteiger partial charge < -0.3 is 14.5 Å². The van der Waals surface area contributed by atoms with E-state index in [1.807, 2.05) is 41.9 Å². The minimum absolute atomic E-state index is 0.251. The summed E-state index contributed by atoms with van der Waals surface area (Å²) in [4.78, 5) is 17.2. The smallest absolute Gasteiger partial charge is 0.255 e. The summed E-state index contributed by atoms with van der Waals surface area (Å²) in [5.74, 6) is -0.0411. The Labute approximate surface area is 174 Å². The molecule has 0 saturated heterocycles. The second-order valence-corrected chi connectivity index (χ2v) is 7.04. The molecular weight excluding hydrogens is 381 g/mol. The number of nitrogens with one attached hydrogen (secondary N) is 1. The quantitative estimate of drug-likeness (QED) is 0.500. The van der Waals surface area contributed by atoms with Gasteiger partial charge in [0.05, 0.1) is 11.3 Å². The number of aryl methyl sites for hydroxylation is 1. The van der Waals surface area contributed by atoms with Crippen molar-refractivity contribution in [1.29, 1.82) is 0 Å². The zero-order chi connectivity index (χ0) is 20.9. The van der Waals surface area contributed by atoms with E-state index in [9.17, 15) is 9.18 Å². The monoisotopic (exact) mass is 403 g/mol. The van der Waals surface area contributed by atoms with Crippen molar-refractivity contribution >= 4 is 11.6 Å². The van der Waals surface area contributed by atoms with Gasteiger partial charge in [0, 0.05) is 18.9 Å².